The first-order valence-electron chi connectivity index (χ1n) is 4.43. The smallest absolute Gasteiger partial charge is 0.0525 e. The normalized spacial score (nSPS) is 16.0. The van der Waals surface area contributed by atoms with Crippen LogP contribution in [-0.4, -0.2) is 15.8 Å². The van der Waals surface area contributed by atoms with E-state index in [1.54, 1.807) is 0 Å². The van der Waals surface area contributed by atoms with E-state index in [0.717, 1.165) is 6.54 Å². The Hall–Kier alpha value is -0.830. The Bertz CT molecular complexity index is 240. The highest BCUT2D eigenvalue weighted by Crippen LogP contribution is 2.16. The van der Waals surface area contributed by atoms with Crippen LogP contribution in [0.25, 0.3) is 0 Å². The third kappa shape index (κ3) is 1.85. The highest BCUT2D eigenvalue weighted by molar-refractivity contribution is 5.12. The van der Waals surface area contributed by atoms with Crippen molar-refractivity contribution in [2.75, 3.05) is 0 Å². The summed E-state index contributed by atoms with van der Waals surface area (Å²) in [5.41, 5.74) is 7.01. The molecule has 2 atom stereocenters. The van der Waals surface area contributed by atoms with Gasteiger partial charge in [0, 0.05) is 18.8 Å². The van der Waals surface area contributed by atoms with E-state index >= 15 is 0 Å². The average Bonchev–Trinajstić information content (AvgIpc) is 2.50. The van der Waals surface area contributed by atoms with Crippen LogP contribution in [0, 0.1) is 0 Å². The minimum atomic E-state index is 0.194. The topological polar surface area (TPSA) is 43.8 Å². The van der Waals surface area contributed by atoms with Crippen molar-refractivity contribution in [2.24, 2.45) is 5.73 Å². The number of hydrogen-bond donors (Lipinski definition) is 1. The van der Waals surface area contributed by atoms with Crippen molar-refractivity contribution in [3.63, 3.8) is 0 Å². The molecular weight excluding hydrogens is 150 g/mol. The summed E-state index contributed by atoms with van der Waals surface area (Å²) in [6.45, 7) is 7.15. The number of hydrogen-bond acceptors (Lipinski definition) is 2. The maximum atomic E-state index is 5.78. The third-order valence-electron chi connectivity index (χ3n) is 2.29. The molecule has 0 fully saturated rings. The fourth-order valence-corrected chi connectivity index (χ4v) is 1.09. The lowest BCUT2D eigenvalue weighted by atomic mass is 9.98. The zero-order chi connectivity index (χ0) is 9.14. The SMILES string of the molecule is CCn1cc(C(C)C(C)N)cn1. The van der Waals surface area contributed by atoms with Gasteiger partial charge in [-0.2, -0.15) is 5.10 Å². The number of nitrogens with zero attached hydrogens (tertiary/aromatic N) is 2. The van der Waals surface area contributed by atoms with Crippen molar-refractivity contribution in [3.8, 4) is 0 Å². The van der Waals surface area contributed by atoms with Crippen LogP contribution < -0.4 is 5.73 Å². The Labute approximate surface area is 73.6 Å². The molecule has 0 aliphatic rings. The second-order valence-electron chi connectivity index (χ2n) is 3.28. The summed E-state index contributed by atoms with van der Waals surface area (Å²) in [6.07, 6.45) is 3.96. The van der Waals surface area contributed by atoms with Crippen molar-refractivity contribution in [2.45, 2.75) is 39.3 Å². The molecule has 1 rings (SSSR count). The lowest BCUT2D eigenvalue weighted by molar-refractivity contribution is 0.609. The van der Waals surface area contributed by atoms with Gasteiger partial charge in [-0.1, -0.05) is 6.92 Å². The molecule has 0 saturated heterocycles. The van der Waals surface area contributed by atoms with Gasteiger partial charge < -0.3 is 5.73 Å². The first-order valence-corrected chi connectivity index (χ1v) is 4.43. The zero-order valence-electron chi connectivity index (χ0n) is 7.99. The van der Waals surface area contributed by atoms with E-state index in [4.69, 9.17) is 5.73 Å². The molecule has 1 heterocycles. The lowest BCUT2D eigenvalue weighted by Gasteiger charge is -2.12. The molecule has 0 spiro atoms. The molecule has 2 N–H and O–H groups in total. The maximum Gasteiger partial charge on any atom is 0.0525 e. The predicted octanol–water partition coefficient (Wildman–Crippen LogP) is 1.35. The second-order valence-corrected chi connectivity index (χ2v) is 3.28. The molecule has 3 heteroatoms. The summed E-state index contributed by atoms with van der Waals surface area (Å²) >= 11 is 0. The molecule has 68 valence electrons. The Morgan fingerprint density at radius 1 is 1.58 bits per heavy atom. The highest BCUT2D eigenvalue weighted by Gasteiger charge is 2.11. The molecule has 3 nitrogen and oxygen atoms in total. The summed E-state index contributed by atoms with van der Waals surface area (Å²) < 4.78 is 1.92. The van der Waals surface area contributed by atoms with Gasteiger partial charge in [-0.25, -0.2) is 0 Å². The molecule has 1 aromatic heterocycles. The van der Waals surface area contributed by atoms with Gasteiger partial charge in [0.2, 0.25) is 0 Å². The molecule has 2 unspecified atom stereocenters. The van der Waals surface area contributed by atoms with Crippen molar-refractivity contribution >= 4 is 0 Å². The Balaban J connectivity index is 2.74. The van der Waals surface area contributed by atoms with Gasteiger partial charge in [0.05, 0.1) is 6.20 Å². The van der Waals surface area contributed by atoms with Crippen LogP contribution in [-0.2, 0) is 6.54 Å². The quantitative estimate of drug-likeness (QED) is 0.738. The summed E-state index contributed by atoms with van der Waals surface area (Å²) in [4.78, 5) is 0. The summed E-state index contributed by atoms with van der Waals surface area (Å²) in [6, 6.07) is 0.194. The van der Waals surface area contributed by atoms with Crippen LogP contribution in [0.1, 0.15) is 32.3 Å². The minimum Gasteiger partial charge on any atom is -0.327 e. The van der Waals surface area contributed by atoms with E-state index in [9.17, 15) is 0 Å². The van der Waals surface area contributed by atoms with Gasteiger partial charge >= 0.3 is 0 Å². The number of nitrogens with two attached hydrogens (primary N) is 1. The molecule has 0 amide bonds. The molecule has 0 aliphatic carbocycles. The van der Waals surface area contributed by atoms with Crippen molar-refractivity contribution < 1.29 is 0 Å². The number of aromatic nitrogens is 2. The molecule has 0 bridgehead atoms. The van der Waals surface area contributed by atoms with E-state index in [1.165, 1.54) is 5.56 Å². The molecule has 1 aromatic rings. The monoisotopic (exact) mass is 167 g/mol. The summed E-state index contributed by atoms with van der Waals surface area (Å²) in [5, 5.41) is 4.20. The minimum absolute atomic E-state index is 0.194. The van der Waals surface area contributed by atoms with Crippen molar-refractivity contribution in [1.29, 1.82) is 0 Å². The van der Waals surface area contributed by atoms with Crippen molar-refractivity contribution in [1.82, 2.24) is 9.78 Å². The van der Waals surface area contributed by atoms with Gasteiger partial charge in [0.15, 0.2) is 0 Å². The number of aryl methyl sites for hydroxylation is 1. The van der Waals surface area contributed by atoms with E-state index in [-0.39, 0.29) is 6.04 Å². The van der Waals surface area contributed by atoms with E-state index in [1.807, 2.05) is 17.8 Å². The molecule has 0 aromatic carbocycles. The van der Waals surface area contributed by atoms with Crippen LogP contribution in [0.5, 0.6) is 0 Å². The average molecular weight is 167 g/mol. The largest absolute Gasteiger partial charge is 0.327 e. The highest BCUT2D eigenvalue weighted by atomic mass is 15.3. The van der Waals surface area contributed by atoms with Crippen molar-refractivity contribution in [3.05, 3.63) is 18.0 Å². The van der Waals surface area contributed by atoms with Gasteiger partial charge in [-0.15, -0.1) is 0 Å². The van der Waals surface area contributed by atoms with Crippen LogP contribution in [0.2, 0.25) is 0 Å². The molecule has 12 heavy (non-hydrogen) atoms. The van der Waals surface area contributed by atoms with Crippen LogP contribution >= 0.6 is 0 Å². The Morgan fingerprint density at radius 2 is 2.25 bits per heavy atom. The zero-order valence-corrected chi connectivity index (χ0v) is 7.99. The second kappa shape index (κ2) is 3.72. The third-order valence-corrected chi connectivity index (χ3v) is 2.29. The van der Waals surface area contributed by atoms with E-state index in [0.29, 0.717) is 5.92 Å². The molecule has 0 radical (unpaired) electrons. The Kier molecular flexibility index (Phi) is 2.87. The van der Waals surface area contributed by atoms with Gasteiger partial charge in [0.1, 0.15) is 0 Å². The Morgan fingerprint density at radius 3 is 2.67 bits per heavy atom. The fourth-order valence-electron chi connectivity index (χ4n) is 1.09. The van der Waals surface area contributed by atoms with Gasteiger partial charge in [-0.05, 0) is 25.3 Å². The summed E-state index contributed by atoms with van der Waals surface area (Å²) in [5.74, 6) is 0.394. The van der Waals surface area contributed by atoms with Gasteiger partial charge in [-0.3, -0.25) is 4.68 Å². The molecule has 0 aliphatic heterocycles. The first kappa shape index (κ1) is 9.26. The van der Waals surface area contributed by atoms with Crippen LogP contribution in [0.15, 0.2) is 12.4 Å². The fraction of sp³-hybridized carbons (Fsp3) is 0.667. The lowest BCUT2D eigenvalue weighted by Crippen LogP contribution is -2.22. The van der Waals surface area contributed by atoms with E-state index < -0.39 is 0 Å². The molecular formula is C9H17N3. The van der Waals surface area contributed by atoms with Crippen LogP contribution in [0.4, 0.5) is 0 Å². The van der Waals surface area contributed by atoms with Crippen LogP contribution in [0.3, 0.4) is 0 Å². The summed E-state index contributed by atoms with van der Waals surface area (Å²) in [7, 11) is 0. The standard InChI is InChI=1S/C9H17N3/c1-4-12-6-9(5-11-12)7(2)8(3)10/h5-8H,4,10H2,1-3H3. The number of rotatable bonds is 3. The molecule has 0 saturated carbocycles. The predicted molar refractivity (Wildman–Crippen MR) is 50.0 cm³/mol. The van der Waals surface area contributed by atoms with Gasteiger partial charge in [0.25, 0.3) is 0 Å². The first-order chi connectivity index (χ1) is 5.65. The maximum absolute atomic E-state index is 5.78. The van der Waals surface area contributed by atoms with E-state index in [2.05, 4.69) is 25.1 Å².